The van der Waals surface area contributed by atoms with Crippen LogP contribution in [0.15, 0.2) is 0 Å². The van der Waals surface area contributed by atoms with Crippen LogP contribution in [0.2, 0.25) is 0 Å². The molecule has 0 aromatic carbocycles. The van der Waals surface area contributed by atoms with Crippen molar-refractivity contribution in [1.29, 1.82) is 0 Å². The molecule has 0 amide bonds. The summed E-state index contributed by atoms with van der Waals surface area (Å²) in [4.78, 5) is 38.1. The first kappa shape index (κ1) is 37.0. The summed E-state index contributed by atoms with van der Waals surface area (Å²) in [5, 5.41) is 0. The van der Waals surface area contributed by atoms with Crippen LogP contribution in [0.1, 0.15) is 26.2 Å². The molecule has 14 nitrogen and oxygen atoms in total. The minimum atomic E-state index is -4.17. The highest BCUT2D eigenvalue weighted by atomic mass is 32.5. The van der Waals surface area contributed by atoms with Crippen molar-refractivity contribution < 1.29 is 60.8 Å². The van der Waals surface area contributed by atoms with E-state index in [9.17, 15) is 14.7 Å². The molecule has 3 rings (SSSR count). The van der Waals surface area contributed by atoms with E-state index in [0.29, 0.717) is 0 Å². The average Bonchev–Trinajstić information content (AvgIpc) is 3.49. The fraction of sp³-hybridized carbons (Fsp3) is 1.00. The molecule has 0 aromatic rings. The SMILES string of the molecule is [B]C1CC(OP([O-])(=S)OCC2OC([B])CC2OP([O-])(=S)OCC2OC([B])CC2OP([O-])(=S)OCC)C(COCN)O1. The zero-order valence-electron chi connectivity index (χ0n) is 22.0. The molecule has 230 valence electrons. The molecule has 0 bridgehead atoms. The Morgan fingerprint density at radius 2 is 1.02 bits per heavy atom. The Kier molecular flexibility index (Phi) is 14.8. The van der Waals surface area contributed by atoms with E-state index in [1.165, 1.54) is 0 Å². The van der Waals surface area contributed by atoms with Gasteiger partial charge >= 0.3 is 0 Å². The van der Waals surface area contributed by atoms with Crippen molar-refractivity contribution in [1.82, 2.24) is 0 Å². The lowest BCUT2D eigenvalue weighted by atomic mass is 9.96. The monoisotopic (exact) mass is 690 g/mol. The van der Waals surface area contributed by atoms with Crippen molar-refractivity contribution in [3.8, 4) is 0 Å². The summed E-state index contributed by atoms with van der Waals surface area (Å²) >= 11 is 14.9. The minimum Gasteiger partial charge on any atom is -0.780 e. The topological polar surface area (TPSA) is 188 Å². The number of hydrogen-bond donors (Lipinski definition) is 1. The van der Waals surface area contributed by atoms with Crippen molar-refractivity contribution >= 4 is 79.1 Å². The predicted octanol–water partition coefficient (Wildman–Crippen LogP) is -2.25. The molecule has 0 spiro atoms. The molecule has 3 heterocycles. The van der Waals surface area contributed by atoms with E-state index >= 15 is 0 Å². The molecule has 12 unspecified atom stereocenters. The van der Waals surface area contributed by atoms with E-state index in [2.05, 4.69) is 0 Å². The van der Waals surface area contributed by atoms with E-state index in [1.54, 1.807) is 6.92 Å². The number of rotatable bonds is 17. The second-order valence-corrected chi connectivity index (χ2v) is 17.3. The largest absolute Gasteiger partial charge is 0.780 e. The molecule has 23 heteroatoms. The van der Waals surface area contributed by atoms with Crippen molar-refractivity contribution in [3.05, 3.63) is 0 Å². The Balaban J connectivity index is 1.52. The first-order chi connectivity index (χ1) is 19.1. The van der Waals surface area contributed by atoms with Gasteiger partial charge in [0.15, 0.2) is 0 Å². The Morgan fingerprint density at radius 3 is 1.37 bits per heavy atom. The Morgan fingerprint density at radius 1 is 0.683 bits per heavy atom. The molecule has 0 aromatic heterocycles. The fourth-order valence-electron chi connectivity index (χ4n) is 4.28. The van der Waals surface area contributed by atoms with Crippen LogP contribution in [0.25, 0.3) is 0 Å². The third-order valence-electron chi connectivity index (χ3n) is 5.96. The van der Waals surface area contributed by atoms with Crippen LogP contribution in [0.5, 0.6) is 0 Å². The van der Waals surface area contributed by atoms with E-state index in [0.717, 1.165) is 0 Å². The van der Waals surface area contributed by atoms with Crippen LogP contribution in [-0.2, 0) is 81.5 Å². The molecule has 0 aliphatic carbocycles. The van der Waals surface area contributed by atoms with Gasteiger partial charge in [-0.1, -0.05) is 35.4 Å². The van der Waals surface area contributed by atoms with E-state index in [4.69, 9.17) is 111 Å². The number of hydrogen-bond acceptors (Lipinski definition) is 17. The van der Waals surface area contributed by atoms with Crippen molar-refractivity contribution in [2.45, 2.75) is 80.8 Å². The Hall–Kier alpha value is 1.58. The van der Waals surface area contributed by atoms with Gasteiger partial charge in [0.05, 0.1) is 51.5 Å². The Bertz CT molecular complexity index is 999. The molecular formula is C18H30B3NO13P3S3-3. The normalized spacial score (nSPS) is 38.4. The van der Waals surface area contributed by atoms with E-state index in [-0.39, 0.29) is 52.4 Å². The molecule has 3 aliphatic rings. The maximum Gasteiger partial charge on any atom is 0.116 e. The van der Waals surface area contributed by atoms with Gasteiger partial charge in [0.1, 0.15) is 62.0 Å². The van der Waals surface area contributed by atoms with Crippen LogP contribution >= 0.6 is 20.2 Å². The maximum atomic E-state index is 13.0. The molecule has 2 N–H and O–H groups in total. The van der Waals surface area contributed by atoms with Crippen LogP contribution in [-0.4, -0.2) is 111 Å². The van der Waals surface area contributed by atoms with Gasteiger partial charge in [0, 0.05) is 18.0 Å². The van der Waals surface area contributed by atoms with Gasteiger partial charge in [-0.25, -0.2) is 0 Å². The number of ether oxygens (including phenoxy) is 4. The lowest BCUT2D eigenvalue weighted by Crippen LogP contribution is -2.34. The summed E-state index contributed by atoms with van der Waals surface area (Å²) < 4.78 is 53.7. The lowest BCUT2D eigenvalue weighted by Gasteiger charge is -2.36. The smallest absolute Gasteiger partial charge is 0.116 e. The van der Waals surface area contributed by atoms with Gasteiger partial charge in [-0.15, -0.1) is 0 Å². The summed E-state index contributed by atoms with van der Waals surface area (Å²) in [7, 11) is 17.5. The maximum absolute atomic E-state index is 13.0. The van der Waals surface area contributed by atoms with Gasteiger partial charge in [0.2, 0.25) is 0 Å². The van der Waals surface area contributed by atoms with Crippen LogP contribution < -0.4 is 20.4 Å². The predicted molar refractivity (Wildman–Crippen MR) is 153 cm³/mol. The molecule has 6 radical (unpaired) electrons. The second-order valence-electron chi connectivity index (χ2n) is 9.17. The summed E-state index contributed by atoms with van der Waals surface area (Å²) in [5.74, 6) is 0. The highest BCUT2D eigenvalue weighted by molar-refractivity contribution is 8.07. The van der Waals surface area contributed by atoms with Gasteiger partial charge in [-0.2, -0.15) is 0 Å². The van der Waals surface area contributed by atoms with E-state index in [1.807, 2.05) is 0 Å². The molecule has 3 fully saturated rings. The van der Waals surface area contributed by atoms with Crippen LogP contribution in [0.3, 0.4) is 0 Å². The van der Waals surface area contributed by atoms with Crippen molar-refractivity contribution in [3.63, 3.8) is 0 Å². The minimum absolute atomic E-state index is 0.0542. The van der Waals surface area contributed by atoms with Gasteiger partial charge in [0.25, 0.3) is 0 Å². The summed E-state index contributed by atoms with van der Waals surface area (Å²) in [6.45, 7) is -11.1. The standard InChI is InChI=1S/C18H33B3NO13P3S3/c1-2-27-36(23,39)33-11-4-17(20)31-14(11)7-29-38(25,41)35-12-5-18(21)32-15(12)8-28-37(24,40)34-10-3-16(19)30-13(10)6-26-9-22/h10-18H,2-9,22H2,1H3,(H,23,39)(H,24,40)(H,25,41)/p-3. The van der Waals surface area contributed by atoms with Crippen molar-refractivity contribution in [2.24, 2.45) is 5.73 Å². The fourth-order valence-corrected chi connectivity index (χ4v) is 8.77. The summed E-state index contributed by atoms with van der Waals surface area (Å²) in [6.07, 6.45) is -4.71. The molecule has 0 saturated carbocycles. The first-order valence-corrected chi connectivity index (χ1v) is 20.2. The average molecular weight is 690 g/mol. The summed E-state index contributed by atoms with van der Waals surface area (Å²) in [6, 6.07) is -2.28. The highest BCUT2D eigenvalue weighted by Gasteiger charge is 2.39. The van der Waals surface area contributed by atoms with Crippen LogP contribution in [0, 0.1) is 0 Å². The highest BCUT2D eigenvalue weighted by Crippen LogP contribution is 2.48. The molecule has 12 atom stereocenters. The first-order valence-electron chi connectivity index (χ1n) is 12.5. The van der Waals surface area contributed by atoms with Gasteiger partial charge < -0.3 is 66.5 Å². The zero-order valence-corrected chi connectivity index (χ0v) is 27.2. The third kappa shape index (κ3) is 12.4. The van der Waals surface area contributed by atoms with E-state index < -0.39 is 74.8 Å². The quantitative estimate of drug-likeness (QED) is 0.0979. The molecule has 41 heavy (non-hydrogen) atoms. The second kappa shape index (κ2) is 16.4. The molecule has 3 aliphatic heterocycles. The lowest BCUT2D eigenvalue weighted by molar-refractivity contribution is -0.219. The Labute approximate surface area is 258 Å². The third-order valence-corrected chi connectivity index (χ3v) is 10.8. The van der Waals surface area contributed by atoms with Gasteiger partial charge in [-0.05, 0) is 26.2 Å². The zero-order chi connectivity index (χ0) is 30.4. The molecule has 3 saturated heterocycles. The number of nitrogens with two attached hydrogens (primary N) is 1. The van der Waals surface area contributed by atoms with Crippen molar-refractivity contribution in [2.75, 3.05) is 33.2 Å². The summed E-state index contributed by atoms with van der Waals surface area (Å²) in [5.41, 5.74) is 5.34. The van der Waals surface area contributed by atoms with Crippen LogP contribution in [0.4, 0.5) is 0 Å². The van der Waals surface area contributed by atoms with Gasteiger partial charge in [-0.3, -0.25) is 0 Å². The molecular weight excluding hydrogens is 660 g/mol.